The highest BCUT2D eigenvalue weighted by Crippen LogP contribution is 2.70. The smallest absolute Gasteiger partial charge is 0.0754 e. The molecule has 0 atom stereocenters. The van der Waals surface area contributed by atoms with Crippen molar-refractivity contribution in [3.63, 3.8) is 0 Å². The second kappa shape index (κ2) is 11.1. The zero-order chi connectivity index (χ0) is 37.3. The number of aromatic nitrogens is 2. The minimum Gasteiger partial charge on any atom is -0.309 e. The quantitative estimate of drug-likeness (QED) is 0.178. The van der Waals surface area contributed by atoms with Crippen LogP contribution in [-0.4, -0.2) is 9.97 Å². The van der Waals surface area contributed by atoms with E-state index in [2.05, 4.69) is 181 Å². The average molecular weight is 724 g/mol. The second-order valence-corrected chi connectivity index (χ2v) is 15.6. The van der Waals surface area contributed by atoms with Gasteiger partial charge in [0.2, 0.25) is 0 Å². The molecular weight excluding hydrogens is 691 g/mol. The highest BCUT2D eigenvalue weighted by atomic mass is 15.2. The molecule has 0 N–H and O–H groups in total. The molecule has 9 aromatic rings. The van der Waals surface area contributed by atoms with E-state index < -0.39 is 10.8 Å². The van der Waals surface area contributed by atoms with Crippen LogP contribution in [0.3, 0.4) is 0 Å². The zero-order valence-electron chi connectivity index (χ0n) is 30.9. The summed E-state index contributed by atoms with van der Waals surface area (Å²) in [6.07, 6.45) is 3.78. The van der Waals surface area contributed by atoms with Crippen molar-refractivity contribution in [2.45, 2.75) is 10.8 Å². The van der Waals surface area contributed by atoms with Gasteiger partial charge in [-0.25, -0.2) is 0 Å². The Kier molecular flexibility index (Phi) is 6.03. The third-order valence-electron chi connectivity index (χ3n) is 13.2. The van der Waals surface area contributed by atoms with Crippen molar-refractivity contribution in [1.82, 2.24) is 9.97 Å². The Labute approximate surface area is 331 Å². The first-order chi connectivity index (χ1) is 28.3. The molecule has 57 heavy (non-hydrogen) atoms. The Bertz CT molecular complexity index is 2850. The lowest BCUT2D eigenvalue weighted by Gasteiger charge is -2.52. The van der Waals surface area contributed by atoms with Crippen molar-refractivity contribution in [3.8, 4) is 44.8 Å². The van der Waals surface area contributed by atoms with Crippen LogP contribution < -0.4 is 4.90 Å². The fourth-order valence-corrected chi connectivity index (χ4v) is 11.1. The molecular formula is C54H33N3. The molecule has 3 nitrogen and oxygen atoms in total. The number of hydrogen-bond donors (Lipinski definition) is 0. The standard InChI is InChI=1S/C54H33N3/c1-5-18-40-36(14-1)37-15-2-6-19-41(37)53(40)44-28-26-34(48-24-9-11-30-55-48)32-50(44)57-51-33-35(49-25-10-12-31-56-49)27-29-45(51)54(47-23-13-22-46(53)52(47)57)42-20-7-3-16-38(42)39-17-4-8-21-43(39)54/h1-33H. The lowest BCUT2D eigenvalue weighted by atomic mass is 9.59. The topological polar surface area (TPSA) is 29.0 Å². The van der Waals surface area contributed by atoms with Crippen molar-refractivity contribution in [2.24, 2.45) is 0 Å². The van der Waals surface area contributed by atoms with Gasteiger partial charge in [-0.05, 0) is 103 Å². The highest BCUT2D eigenvalue weighted by molar-refractivity contribution is 6.03. The molecule has 3 heteroatoms. The maximum absolute atomic E-state index is 4.86. The predicted octanol–water partition coefficient (Wildman–Crippen LogP) is 12.6. The molecule has 0 radical (unpaired) electrons. The number of benzene rings is 7. The van der Waals surface area contributed by atoms with Crippen LogP contribution in [0.25, 0.3) is 44.8 Å². The number of nitrogens with zero attached hydrogens (tertiary/aromatic N) is 3. The summed E-state index contributed by atoms with van der Waals surface area (Å²) in [6, 6.07) is 70.0. The fraction of sp³-hybridized carbons (Fsp3) is 0.0370. The van der Waals surface area contributed by atoms with Crippen molar-refractivity contribution < 1.29 is 0 Å². The van der Waals surface area contributed by atoms with E-state index in [1.807, 2.05) is 24.5 Å². The van der Waals surface area contributed by atoms with E-state index in [0.717, 1.165) is 22.5 Å². The average Bonchev–Trinajstić information content (AvgIpc) is 3.75. The summed E-state index contributed by atoms with van der Waals surface area (Å²) in [5.74, 6) is 0. The van der Waals surface area contributed by atoms with Gasteiger partial charge in [-0.3, -0.25) is 9.97 Å². The van der Waals surface area contributed by atoms with Gasteiger partial charge < -0.3 is 4.90 Å². The molecule has 0 amide bonds. The first-order valence-corrected chi connectivity index (χ1v) is 19.7. The Morgan fingerprint density at radius 2 is 0.684 bits per heavy atom. The molecule has 2 aromatic heterocycles. The number of anilines is 3. The van der Waals surface area contributed by atoms with Crippen LogP contribution in [0.2, 0.25) is 0 Å². The summed E-state index contributed by atoms with van der Waals surface area (Å²) < 4.78 is 0. The van der Waals surface area contributed by atoms with Crippen LogP contribution in [-0.2, 0) is 10.8 Å². The van der Waals surface area contributed by atoms with Crippen molar-refractivity contribution >= 4 is 17.1 Å². The molecule has 2 spiro atoms. The lowest BCUT2D eigenvalue weighted by Crippen LogP contribution is -2.42. The van der Waals surface area contributed by atoms with E-state index in [0.29, 0.717) is 0 Å². The van der Waals surface area contributed by atoms with Crippen molar-refractivity contribution in [2.75, 3.05) is 4.90 Å². The summed E-state index contributed by atoms with van der Waals surface area (Å²) in [5, 5.41) is 0. The van der Waals surface area contributed by atoms with E-state index in [9.17, 15) is 0 Å². The second-order valence-electron chi connectivity index (χ2n) is 15.6. The molecule has 0 unspecified atom stereocenters. The number of pyridine rings is 2. The summed E-state index contributed by atoms with van der Waals surface area (Å²) in [4.78, 5) is 12.3. The van der Waals surface area contributed by atoms with Gasteiger partial charge in [0.05, 0.1) is 39.3 Å². The monoisotopic (exact) mass is 723 g/mol. The Balaban J connectivity index is 1.24. The first-order valence-electron chi connectivity index (χ1n) is 19.7. The van der Waals surface area contributed by atoms with Crippen molar-refractivity contribution in [3.05, 3.63) is 245 Å². The number of fused-ring (bicyclic) bond motifs is 18. The number of rotatable bonds is 2. The number of para-hydroxylation sites is 1. The van der Waals surface area contributed by atoms with Gasteiger partial charge in [0.1, 0.15) is 0 Å². The van der Waals surface area contributed by atoms with E-state index in [4.69, 9.17) is 9.97 Å². The maximum atomic E-state index is 4.86. The Morgan fingerprint density at radius 3 is 1.07 bits per heavy atom. The van der Waals surface area contributed by atoms with Crippen molar-refractivity contribution in [1.29, 1.82) is 0 Å². The van der Waals surface area contributed by atoms with Gasteiger partial charge in [0.25, 0.3) is 0 Å². The molecule has 7 aromatic carbocycles. The third kappa shape index (κ3) is 3.72. The summed E-state index contributed by atoms with van der Waals surface area (Å²) >= 11 is 0. The molecule has 0 saturated carbocycles. The van der Waals surface area contributed by atoms with Crippen LogP contribution in [0.1, 0.15) is 44.5 Å². The van der Waals surface area contributed by atoms with Gasteiger partial charge in [0, 0.05) is 23.5 Å². The van der Waals surface area contributed by atoms with Crippen LogP contribution in [0.5, 0.6) is 0 Å². The molecule has 0 saturated heterocycles. The molecule has 4 heterocycles. The molecule has 0 bridgehead atoms. The van der Waals surface area contributed by atoms with Gasteiger partial charge in [0.15, 0.2) is 0 Å². The van der Waals surface area contributed by atoms with E-state index >= 15 is 0 Å². The Morgan fingerprint density at radius 1 is 0.316 bits per heavy atom. The van der Waals surface area contributed by atoms with E-state index in [-0.39, 0.29) is 0 Å². The maximum Gasteiger partial charge on any atom is 0.0754 e. The molecule has 4 aliphatic rings. The van der Waals surface area contributed by atoms with E-state index in [1.54, 1.807) is 0 Å². The normalized spacial score (nSPS) is 14.9. The fourth-order valence-electron chi connectivity index (χ4n) is 11.1. The number of hydrogen-bond acceptors (Lipinski definition) is 3. The van der Waals surface area contributed by atoms with Crippen LogP contribution in [0.15, 0.2) is 200 Å². The first kappa shape index (κ1) is 30.9. The largest absolute Gasteiger partial charge is 0.309 e. The molecule has 13 rings (SSSR count). The lowest BCUT2D eigenvalue weighted by molar-refractivity contribution is 0.708. The SMILES string of the molecule is c1ccc(-c2ccc3c(c2)N2c4cc(-c5ccccn5)ccc4C4(c5ccccc5-c5ccccc54)c4cccc(c42)C32c3ccccc3-c3ccccc32)nc1. The summed E-state index contributed by atoms with van der Waals surface area (Å²) in [6.45, 7) is 0. The van der Waals surface area contributed by atoms with Gasteiger partial charge in [-0.15, -0.1) is 0 Å². The van der Waals surface area contributed by atoms with Crippen LogP contribution in [0.4, 0.5) is 17.1 Å². The third-order valence-corrected chi connectivity index (χ3v) is 13.2. The van der Waals surface area contributed by atoms with Gasteiger partial charge in [-0.1, -0.05) is 152 Å². The zero-order valence-corrected chi connectivity index (χ0v) is 30.9. The summed E-state index contributed by atoms with van der Waals surface area (Å²) in [5.41, 5.74) is 22.1. The minimum atomic E-state index is -0.568. The summed E-state index contributed by atoms with van der Waals surface area (Å²) in [7, 11) is 0. The Hall–Kier alpha value is -7.36. The van der Waals surface area contributed by atoms with E-state index in [1.165, 1.54) is 83.8 Å². The molecule has 2 aliphatic carbocycles. The predicted molar refractivity (Wildman–Crippen MR) is 229 cm³/mol. The minimum absolute atomic E-state index is 0.568. The van der Waals surface area contributed by atoms with Gasteiger partial charge in [-0.2, -0.15) is 0 Å². The van der Waals surface area contributed by atoms with Crippen LogP contribution >= 0.6 is 0 Å². The van der Waals surface area contributed by atoms with Gasteiger partial charge >= 0.3 is 0 Å². The molecule has 264 valence electrons. The highest BCUT2D eigenvalue weighted by Gasteiger charge is 2.58. The molecule has 0 fully saturated rings. The molecule has 2 aliphatic heterocycles. The van der Waals surface area contributed by atoms with Crippen LogP contribution in [0, 0.1) is 0 Å².